The highest BCUT2D eigenvalue weighted by molar-refractivity contribution is 6.18. The minimum Gasteiger partial charge on any atom is -0.503 e. The third-order valence-electron chi connectivity index (χ3n) is 2.91. The molecular weight excluding hydrogens is 294 g/mol. The number of allylic oxidation sites excluding steroid dienone is 1. The number of hydrogen-bond donors (Lipinski definition) is 1. The number of aromatic hydroxyl groups is 1. The van der Waals surface area contributed by atoms with Gasteiger partial charge >= 0.3 is 0 Å². The minimum atomic E-state index is -1.13. The van der Waals surface area contributed by atoms with E-state index in [-0.39, 0.29) is 22.9 Å². The third kappa shape index (κ3) is 3.08. The first-order chi connectivity index (χ1) is 10.3. The molecule has 0 saturated carbocycles. The van der Waals surface area contributed by atoms with E-state index in [0.717, 1.165) is 12.1 Å². The van der Waals surface area contributed by atoms with E-state index in [9.17, 15) is 18.4 Å². The van der Waals surface area contributed by atoms with Gasteiger partial charge in [0.05, 0.1) is 0 Å². The first kappa shape index (κ1) is 15.6. The van der Waals surface area contributed by atoms with Gasteiger partial charge in [-0.05, 0) is 42.8 Å². The van der Waals surface area contributed by atoms with Gasteiger partial charge in [0.25, 0.3) is 5.91 Å². The number of amidine groups is 1. The van der Waals surface area contributed by atoms with Gasteiger partial charge in [-0.1, -0.05) is 0 Å². The maximum absolute atomic E-state index is 13.3. The molecule has 0 radical (unpaired) electrons. The first-order valence-electron chi connectivity index (χ1n) is 6.24. The lowest BCUT2D eigenvalue weighted by atomic mass is 10.1. The zero-order chi connectivity index (χ0) is 16.4. The molecule has 0 saturated heterocycles. The quantitative estimate of drug-likeness (QED) is 0.869. The van der Waals surface area contributed by atoms with E-state index in [1.165, 1.54) is 37.1 Å². The predicted molar refractivity (Wildman–Crippen MR) is 76.0 cm³/mol. The smallest absolute Gasteiger partial charge is 0.277 e. The molecule has 0 bridgehead atoms. The average molecular weight is 306 g/mol. The first-order valence-corrected chi connectivity index (χ1v) is 6.24. The van der Waals surface area contributed by atoms with Gasteiger partial charge in [-0.3, -0.25) is 14.5 Å². The van der Waals surface area contributed by atoms with Gasteiger partial charge in [-0.15, -0.1) is 0 Å². The van der Waals surface area contributed by atoms with Crippen LogP contribution >= 0.6 is 0 Å². The molecule has 0 fully saturated rings. The topological polar surface area (TPSA) is 70.0 Å². The maximum Gasteiger partial charge on any atom is 0.277 e. The zero-order valence-corrected chi connectivity index (χ0v) is 11.8. The summed E-state index contributed by atoms with van der Waals surface area (Å²) in [5, 5.41) is 9.04. The molecule has 7 heteroatoms. The summed E-state index contributed by atoms with van der Waals surface area (Å²) in [6.45, 7) is 1.35. The highest BCUT2D eigenvalue weighted by Crippen LogP contribution is 2.24. The summed E-state index contributed by atoms with van der Waals surface area (Å²) in [5.41, 5.74) is 0.0142. The number of aliphatic imine (C=N–C) groups is 1. The molecule has 0 aliphatic carbocycles. The van der Waals surface area contributed by atoms with E-state index >= 15 is 0 Å². The normalized spacial score (nSPS) is 16.7. The van der Waals surface area contributed by atoms with Crippen LogP contribution in [-0.2, 0) is 9.59 Å². The van der Waals surface area contributed by atoms with Crippen molar-refractivity contribution in [2.24, 2.45) is 4.99 Å². The lowest BCUT2D eigenvalue weighted by molar-refractivity contribution is -0.121. The molecule has 2 rings (SSSR count). The van der Waals surface area contributed by atoms with Crippen molar-refractivity contribution in [1.29, 1.82) is 0 Å². The molecule has 22 heavy (non-hydrogen) atoms. The summed E-state index contributed by atoms with van der Waals surface area (Å²) in [5.74, 6) is -3.78. The van der Waals surface area contributed by atoms with Gasteiger partial charge in [-0.2, -0.15) is 0 Å². The number of phenolic OH excluding ortho intramolecular Hbond substituents is 1. The molecule has 1 aromatic carbocycles. The number of ketones is 1. The monoisotopic (exact) mass is 306 g/mol. The molecule has 0 aromatic heterocycles. The summed E-state index contributed by atoms with van der Waals surface area (Å²) in [6, 6.07) is 1.77. The standard InChI is InChI=1S/C15H12F2N2O3/c1-8(20)3-4-13-18-12(15(22)19(13)2)7-9-5-10(16)14(21)11(17)6-9/h3-7,21H,1-2H3/b4-3+,12-7-. The number of carbonyl (C=O) groups is 2. The van der Waals surface area contributed by atoms with Gasteiger partial charge in [0, 0.05) is 7.05 Å². The van der Waals surface area contributed by atoms with Gasteiger partial charge in [-0.25, -0.2) is 13.8 Å². The van der Waals surface area contributed by atoms with Crippen molar-refractivity contribution in [3.63, 3.8) is 0 Å². The lowest BCUT2D eigenvalue weighted by Gasteiger charge is -2.07. The molecule has 1 aliphatic rings. The van der Waals surface area contributed by atoms with Crippen LogP contribution in [0.1, 0.15) is 12.5 Å². The van der Waals surface area contributed by atoms with Gasteiger partial charge in [0.15, 0.2) is 23.2 Å². The Kier molecular flexibility index (Phi) is 4.16. The van der Waals surface area contributed by atoms with Crippen molar-refractivity contribution in [3.05, 3.63) is 47.2 Å². The molecule has 114 valence electrons. The van der Waals surface area contributed by atoms with E-state index in [1.807, 2.05) is 0 Å². The molecule has 1 aromatic rings. The number of hydrogen-bond acceptors (Lipinski definition) is 4. The van der Waals surface area contributed by atoms with Crippen molar-refractivity contribution in [1.82, 2.24) is 4.90 Å². The van der Waals surface area contributed by atoms with E-state index in [1.54, 1.807) is 0 Å². The van der Waals surface area contributed by atoms with Crippen LogP contribution in [0.5, 0.6) is 5.75 Å². The molecule has 0 spiro atoms. The van der Waals surface area contributed by atoms with Crippen LogP contribution in [0.25, 0.3) is 6.08 Å². The second-order valence-electron chi connectivity index (χ2n) is 4.64. The van der Waals surface area contributed by atoms with Crippen LogP contribution in [0.4, 0.5) is 8.78 Å². The third-order valence-corrected chi connectivity index (χ3v) is 2.91. The Hall–Kier alpha value is -2.83. The van der Waals surface area contributed by atoms with E-state index < -0.39 is 23.3 Å². The molecule has 1 N–H and O–H groups in total. The minimum absolute atomic E-state index is 0.0322. The van der Waals surface area contributed by atoms with E-state index in [0.29, 0.717) is 0 Å². The SMILES string of the molecule is CC(=O)/C=C/C1=NC(=C\c2cc(F)c(O)c(F)c2)/C(=O)N1C. The molecule has 0 unspecified atom stereocenters. The summed E-state index contributed by atoms with van der Waals surface area (Å²) in [7, 11) is 1.46. The number of halogens is 2. The summed E-state index contributed by atoms with van der Waals surface area (Å²) >= 11 is 0. The molecule has 5 nitrogen and oxygen atoms in total. The summed E-state index contributed by atoms with van der Waals surface area (Å²) < 4.78 is 26.6. The average Bonchev–Trinajstić information content (AvgIpc) is 2.70. The van der Waals surface area contributed by atoms with Gasteiger partial charge in [0.2, 0.25) is 0 Å². The number of benzene rings is 1. The van der Waals surface area contributed by atoms with Crippen LogP contribution in [-0.4, -0.2) is 34.6 Å². The Bertz CT molecular complexity index is 728. The van der Waals surface area contributed by atoms with E-state index in [4.69, 9.17) is 5.11 Å². The van der Waals surface area contributed by atoms with Crippen molar-refractivity contribution >= 4 is 23.6 Å². The molecule has 1 heterocycles. The second-order valence-corrected chi connectivity index (χ2v) is 4.64. The van der Waals surface area contributed by atoms with Crippen molar-refractivity contribution < 1.29 is 23.5 Å². The lowest BCUT2D eigenvalue weighted by Crippen LogP contribution is -2.26. The fourth-order valence-electron chi connectivity index (χ4n) is 1.78. The van der Waals surface area contributed by atoms with Gasteiger partial charge in [0.1, 0.15) is 11.5 Å². The van der Waals surface area contributed by atoms with Crippen LogP contribution in [0.15, 0.2) is 35.0 Å². The Morgan fingerprint density at radius 1 is 1.32 bits per heavy atom. The zero-order valence-electron chi connectivity index (χ0n) is 11.8. The van der Waals surface area contributed by atoms with Crippen molar-refractivity contribution in [2.75, 3.05) is 7.05 Å². The number of rotatable bonds is 3. The van der Waals surface area contributed by atoms with Crippen LogP contribution in [0.3, 0.4) is 0 Å². The Labute approximate surface area is 124 Å². The van der Waals surface area contributed by atoms with Crippen molar-refractivity contribution in [2.45, 2.75) is 6.92 Å². The fraction of sp³-hybridized carbons (Fsp3) is 0.133. The maximum atomic E-state index is 13.3. The highest BCUT2D eigenvalue weighted by atomic mass is 19.1. The Morgan fingerprint density at radius 2 is 1.91 bits per heavy atom. The van der Waals surface area contributed by atoms with Crippen LogP contribution < -0.4 is 0 Å². The number of likely N-dealkylation sites (N-methyl/N-ethyl adjacent to an activating group) is 1. The Balaban J connectivity index is 2.39. The summed E-state index contributed by atoms with van der Waals surface area (Å²) in [6.07, 6.45) is 3.82. The summed E-state index contributed by atoms with van der Waals surface area (Å²) in [4.78, 5) is 28.1. The van der Waals surface area contributed by atoms with Crippen LogP contribution in [0.2, 0.25) is 0 Å². The molecular formula is C15H12F2N2O3. The fourth-order valence-corrected chi connectivity index (χ4v) is 1.78. The molecule has 1 amide bonds. The number of phenols is 1. The largest absolute Gasteiger partial charge is 0.503 e. The van der Waals surface area contributed by atoms with Gasteiger partial charge < -0.3 is 5.11 Å². The number of amides is 1. The molecule has 1 aliphatic heterocycles. The predicted octanol–water partition coefficient (Wildman–Crippen LogP) is 2.03. The second kappa shape index (κ2) is 5.88. The van der Waals surface area contributed by atoms with E-state index in [2.05, 4.69) is 4.99 Å². The van der Waals surface area contributed by atoms with Crippen LogP contribution in [0, 0.1) is 11.6 Å². The Morgan fingerprint density at radius 3 is 2.45 bits per heavy atom. The van der Waals surface area contributed by atoms with Crippen molar-refractivity contribution in [3.8, 4) is 5.75 Å². The number of carbonyl (C=O) groups excluding carboxylic acids is 2. The number of nitrogens with zero attached hydrogens (tertiary/aromatic N) is 2. The highest BCUT2D eigenvalue weighted by Gasteiger charge is 2.25. The molecule has 0 atom stereocenters.